The predicted molar refractivity (Wildman–Crippen MR) is 84.2 cm³/mol. The topological polar surface area (TPSA) is 89.5 Å². The van der Waals surface area contributed by atoms with Gasteiger partial charge in [-0.15, -0.1) is 0 Å². The highest BCUT2D eigenvalue weighted by molar-refractivity contribution is 9.10. The lowest BCUT2D eigenvalue weighted by Gasteiger charge is -2.23. The number of amides is 1. The summed E-state index contributed by atoms with van der Waals surface area (Å²) in [5.41, 5.74) is -0.453. The van der Waals surface area contributed by atoms with Crippen molar-refractivity contribution < 1.29 is 22.7 Å². The summed E-state index contributed by atoms with van der Waals surface area (Å²) < 4.78 is 28.7. The zero-order chi connectivity index (χ0) is 16.4. The lowest BCUT2D eigenvalue weighted by Crippen LogP contribution is -2.48. The summed E-state index contributed by atoms with van der Waals surface area (Å²) in [6.45, 7) is 1.23. The Morgan fingerprint density at radius 3 is 2.50 bits per heavy atom. The van der Waals surface area contributed by atoms with Crippen LogP contribution in [0.1, 0.15) is 23.7 Å². The van der Waals surface area contributed by atoms with E-state index in [9.17, 15) is 18.0 Å². The molecule has 1 aromatic carbocycles. The van der Waals surface area contributed by atoms with E-state index in [2.05, 4.69) is 21.2 Å². The summed E-state index contributed by atoms with van der Waals surface area (Å²) in [6.07, 6.45) is 0.363. The Morgan fingerprint density at radius 1 is 1.32 bits per heavy atom. The van der Waals surface area contributed by atoms with E-state index in [-0.39, 0.29) is 11.5 Å². The van der Waals surface area contributed by atoms with Crippen LogP contribution in [-0.4, -0.2) is 43.9 Å². The minimum absolute atomic E-state index is 0.0580. The van der Waals surface area contributed by atoms with Gasteiger partial charge in [-0.1, -0.05) is 15.9 Å². The number of hydrogen-bond donors (Lipinski definition) is 1. The van der Waals surface area contributed by atoms with E-state index in [0.29, 0.717) is 12.0 Å². The van der Waals surface area contributed by atoms with E-state index >= 15 is 0 Å². The molecule has 0 unspecified atom stereocenters. The van der Waals surface area contributed by atoms with Gasteiger partial charge < -0.3 is 10.1 Å². The maximum Gasteiger partial charge on any atom is 0.338 e. The minimum Gasteiger partial charge on any atom is -0.452 e. The number of sulfone groups is 1. The van der Waals surface area contributed by atoms with E-state index < -0.39 is 33.9 Å². The van der Waals surface area contributed by atoms with Crippen LogP contribution in [0.25, 0.3) is 0 Å². The van der Waals surface area contributed by atoms with Crippen LogP contribution in [0.5, 0.6) is 0 Å². The maximum atomic E-state index is 11.8. The minimum atomic E-state index is -3.10. The molecule has 1 aromatic rings. The van der Waals surface area contributed by atoms with E-state index in [4.69, 9.17) is 4.74 Å². The van der Waals surface area contributed by atoms with Crippen LogP contribution in [0.2, 0.25) is 0 Å². The van der Waals surface area contributed by atoms with Crippen molar-refractivity contribution in [3.05, 3.63) is 34.3 Å². The molecular formula is C14H16BrNO5S. The molecule has 1 N–H and O–H groups in total. The second-order valence-electron chi connectivity index (χ2n) is 5.53. The molecule has 1 aliphatic heterocycles. The third-order valence-corrected chi connectivity index (χ3v) is 5.79. The van der Waals surface area contributed by atoms with Crippen LogP contribution < -0.4 is 5.32 Å². The molecule has 2 rings (SSSR count). The van der Waals surface area contributed by atoms with E-state index in [1.165, 1.54) is 0 Å². The number of halogens is 1. The number of hydrogen-bond acceptors (Lipinski definition) is 5. The van der Waals surface area contributed by atoms with Crippen molar-refractivity contribution in [3.63, 3.8) is 0 Å². The molecule has 120 valence electrons. The molecule has 0 bridgehead atoms. The average Bonchev–Trinajstić information content (AvgIpc) is 2.70. The first-order valence-electron chi connectivity index (χ1n) is 6.63. The molecule has 0 saturated carbocycles. The summed E-state index contributed by atoms with van der Waals surface area (Å²) in [5, 5.41) is 2.62. The van der Waals surface area contributed by atoms with Gasteiger partial charge in [0.2, 0.25) is 0 Å². The van der Waals surface area contributed by atoms with Crippen molar-refractivity contribution in [1.82, 2.24) is 5.32 Å². The van der Waals surface area contributed by atoms with Crippen LogP contribution in [0.3, 0.4) is 0 Å². The highest BCUT2D eigenvalue weighted by atomic mass is 79.9. The summed E-state index contributed by atoms with van der Waals surface area (Å²) in [5.74, 6) is -1.15. The lowest BCUT2D eigenvalue weighted by molar-refractivity contribution is -0.125. The van der Waals surface area contributed by atoms with E-state index in [1.807, 2.05) is 0 Å². The van der Waals surface area contributed by atoms with Crippen molar-refractivity contribution in [2.75, 3.05) is 18.1 Å². The van der Waals surface area contributed by atoms with Crippen LogP contribution >= 0.6 is 15.9 Å². The first kappa shape index (κ1) is 17.0. The molecule has 0 aliphatic carbocycles. The molecule has 1 fully saturated rings. The van der Waals surface area contributed by atoms with Crippen LogP contribution in [0, 0.1) is 0 Å². The average molecular weight is 390 g/mol. The molecular weight excluding hydrogens is 374 g/mol. The maximum absolute atomic E-state index is 11.8. The van der Waals surface area contributed by atoms with Gasteiger partial charge in [0.05, 0.1) is 22.6 Å². The molecule has 1 atom stereocenters. The molecule has 1 saturated heterocycles. The van der Waals surface area contributed by atoms with Gasteiger partial charge in [0.15, 0.2) is 16.4 Å². The normalized spacial score (nSPS) is 23.0. The number of rotatable bonds is 4. The van der Waals surface area contributed by atoms with Crippen molar-refractivity contribution in [1.29, 1.82) is 0 Å². The lowest BCUT2D eigenvalue weighted by atomic mass is 10.0. The Labute approximate surface area is 137 Å². The van der Waals surface area contributed by atoms with Crippen LogP contribution in [-0.2, 0) is 19.4 Å². The van der Waals surface area contributed by atoms with Gasteiger partial charge in [-0.2, -0.15) is 0 Å². The van der Waals surface area contributed by atoms with E-state index in [1.54, 1.807) is 31.2 Å². The van der Waals surface area contributed by atoms with Gasteiger partial charge in [0.1, 0.15) is 0 Å². The second kappa shape index (κ2) is 6.37. The number of carbonyl (C=O) groups is 2. The number of nitrogens with one attached hydrogen (secondary N) is 1. The number of esters is 1. The highest BCUT2D eigenvalue weighted by Crippen LogP contribution is 2.22. The van der Waals surface area contributed by atoms with Crippen molar-refractivity contribution >= 4 is 37.6 Å². The third kappa shape index (κ3) is 4.54. The smallest absolute Gasteiger partial charge is 0.338 e. The summed E-state index contributed by atoms with van der Waals surface area (Å²) in [7, 11) is -3.10. The number of carbonyl (C=O) groups excluding carboxylic acids is 2. The van der Waals surface area contributed by atoms with Gasteiger partial charge >= 0.3 is 5.97 Å². The monoisotopic (exact) mass is 389 g/mol. The molecule has 0 radical (unpaired) electrons. The van der Waals surface area contributed by atoms with Crippen LogP contribution in [0.4, 0.5) is 0 Å². The Balaban J connectivity index is 1.85. The number of ether oxygens (including phenoxy) is 1. The van der Waals surface area contributed by atoms with Gasteiger partial charge in [-0.05, 0) is 37.6 Å². The van der Waals surface area contributed by atoms with Gasteiger partial charge in [-0.3, -0.25) is 4.79 Å². The van der Waals surface area contributed by atoms with E-state index in [0.717, 1.165) is 4.47 Å². The second-order valence-corrected chi connectivity index (χ2v) is 8.63. The zero-order valence-corrected chi connectivity index (χ0v) is 14.4. The van der Waals surface area contributed by atoms with Crippen molar-refractivity contribution in [2.24, 2.45) is 0 Å². The molecule has 0 aromatic heterocycles. The fourth-order valence-corrected chi connectivity index (χ4v) is 4.64. The quantitative estimate of drug-likeness (QED) is 0.783. The first-order chi connectivity index (χ1) is 10.2. The zero-order valence-electron chi connectivity index (χ0n) is 12.0. The summed E-state index contributed by atoms with van der Waals surface area (Å²) >= 11 is 3.26. The van der Waals surface area contributed by atoms with Crippen LogP contribution in [0.15, 0.2) is 28.7 Å². The van der Waals surface area contributed by atoms with Crippen molar-refractivity contribution in [3.8, 4) is 0 Å². The van der Waals surface area contributed by atoms with Gasteiger partial charge in [0.25, 0.3) is 5.91 Å². The fraction of sp³-hybridized carbons (Fsp3) is 0.429. The first-order valence-corrected chi connectivity index (χ1v) is 9.25. The molecule has 1 heterocycles. The summed E-state index contributed by atoms with van der Waals surface area (Å²) in [4.78, 5) is 23.6. The number of benzene rings is 1. The van der Waals surface area contributed by atoms with Crippen molar-refractivity contribution in [2.45, 2.75) is 18.9 Å². The SMILES string of the molecule is C[C@]1(NC(=O)COC(=O)c2ccc(Br)cc2)CCS(=O)(=O)C1. The Morgan fingerprint density at radius 2 is 1.95 bits per heavy atom. The van der Waals surface area contributed by atoms with Gasteiger partial charge in [0, 0.05) is 4.47 Å². The molecule has 1 amide bonds. The standard InChI is InChI=1S/C14H16BrNO5S/c1-14(6-7-22(19,20)9-14)16-12(17)8-21-13(18)10-2-4-11(15)5-3-10/h2-5H,6-9H2,1H3,(H,16,17)/t14-/m0/s1. The molecule has 22 heavy (non-hydrogen) atoms. The molecule has 6 nitrogen and oxygen atoms in total. The largest absolute Gasteiger partial charge is 0.452 e. The Hall–Kier alpha value is -1.41. The predicted octanol–water partition coefficient (Wildman–Crippen LogP) is 1.30. The Kier molecular flexibility index (Phi) is 4.91. The molecule has 8 heteroatoms. The third-order valence-electron chi connectivity index (χ3n) is 3.36. The van der Waals surface area contributed by atoms with Gasteiger partial charge in [-0.25, -0.2) is 13.2 Å². The highest BCUT2D eigenvalue weighted by Gasteiger charge is 2.39. The summed E-state index contributed by atoms with van der Waals surface area (Å²) in [6, 6.07) is 6.55. The fourth-order valence-electron chi connectivity index (χ4n) is 2.28. The molecule has 0 spiro atoms. The Bertz CT molecular complexity index is 686. The molecule has 1 aliphatic rings.